The van der Waals surface area contributed by atoms with Gasteiger partial charge in [0.1, 0.15) is 29.3 Å². The van der Waals surface area contributed by atoms with Crippen molar-refractivity contribution in [1.82, 2.24) is 14.5 Å². The van der Waals surface area contributed by atoms with Crippen molar-refractivity contribution < 1.29 is 19.3 Å². The number of fused-ring (bicyclic) bond motifs is 1. The molecule has 1 aliphatic rings. The fraction of sp³-hybridized carbons (Fsp3) is 0.455. The Kier molecular flexibility index (Phi) is 3.14. The molecule has 3 rings (SSSR count). The molecule has 2 aromatic heterocycles. The molecule has 0 unspecified atom stereocenters. The van der Waals surface area contributed by atoms with E-state index in [-0.39, 0.29) is 5.15 Å². The zero-order chi connectivity index (χ0) is 13.6. The quantitative estimate of drug-likeness (QED) is 0.794. The van der Waals surface area contributed by atoms with Gasteiger partial charge >= 0.3 is 0 Å². The number of hydrogen-bond donors (Lipinski definition) is 2. The number of nitrogens with zero attached hydrogens (tertiary/aromatic N) is 3. The molecular weight excluding hydrogens is 277 g/mol. The minimum absolute atomic E-state index is 0.261. The number of rotatable bonds is 2. The summed E-state index contributed by atoms with van der Waals surface area (Å²) in [6.45, 7) is -0.451. The van der Waals surface area contributed by atoms with E-state index in [9.17, 15) is 9.50 Å². The van der Waals surface area contributed by atoms with Crippen molar-refractivity contribution in [2.45, 2.75) is 24.6 Å². The summed E-state index contributed by atoms with van der Waals surface area (Å²) >= 11 is 5.91. The topological polar surface area (TPSA) is 80.4 Å². The molecular formula is C11H11ClFN3O3. The largest absolute Gasteiger partial charge is 0.394 e. The Labute approximate surface area is 112 Å². The van der Waals surface area contributed by atoms with E-state index >= 15 is 0 Å². The SMILES string of the molecule is OC[C@H]1O[C@@H](n2ccc3c(Cl)ncnc32)[C@@H](F)[C@@H]1O. The molecule has 6 nitrogen and oxygen atoms in total. The summed E-state index contributed by atoms with van der Waals surface area (Å²) in [7, 11) is 0. The second-order valence-corrected chi connectivity index (χ2v) is 4.67. The summed E-state index contributed by atoms with van der Waals surface area (Å²) in [5, 5.41) is 19.5. The van der Waals surface area contributed by atoms with Crippen molar-refractivity contribution >= 4 is 22.6 Å². The molecule has 0 aliphatic carbocycles. The summed E-state index contributed by atoms with van der Waals surface area (Å²) in [4.78, 5) is 7.86. The van der Waals surface area contributed by atoms with Crippen molar-refractivity contribution in [1.29, 1.82) is 0 Å². The van der Waals surface area contributed by atoms with Crippen LogP contribution in [0.15, 0.2) is 18.6 Å². The molecule has 0 spiro atoms. The molecule has 0 bridgehead atoms. The van der Waals surface area contributed by atoms with Gasteiger partial charge in [-0.05, 0) is 6.07 Å². The first kappa shape index (κ1) is 12.7. The molecule has 2 aromatic rings. The highest BCUT2D eigenvalue weighted by molar-refractivity contribution is 6.33. The van der Waals surface area contributed by atoms with Crippen LogP contribution in [0.4, 0.5) is 4.39 Å². The lowest BCUT2D eigenvalue weighted by molar-refractivity contribution is -0.0457. The molecule has 0 saturated carbocycles. The highest BCUT2D eigenvalue weighted by atomic mass is 35.5. The third-order valence-corrected chi connectivity index (χ3v) is 3.51. The lowest BCUT2D eigenvalue weighted by atomic mass is 10.1. The number of aliphatic hydroxyl groups is 2. The van der Waals surface area contributed by atoms with Crippen molar-refractivity contribution in [3.05, 3.63) is 23.7 Å². The van der Waals surface area contributed by atoms with Gasteiger partial charge in [0.2, 0.25) is 0 Å². The van der Waals surface area contributed by atoms with Gasteiger partial charge in [-0.25, -0.2) is 14.4 Å². The van der Waals surface area contributed by atoms with Crippen molar-refractivity contribution in [3.63, 3.8) is 0 Å². The van der Waals surface area contributed by atoms with Crippen LogP contribution in [0.25, 0.3) is 11.0 Å². The maximum Gasteiger partial charge on any atom is 0.173 e. The van der Waals surface area contributed by atoms with Crippen LogP contribution in [-0.4, -0.2) is 49.7 Å². The number of halogens is 2. The summed E-state index contributed by atoms with van der Waals surface area (Å²) in [6.07, 6.45) is -2.19. The Bertz CT molecular complexity index is 608. The monoisotopic (exact) mass is 287 g/mol. The molecule has 0 radical (unpaired) electrons. The van der Waals surface area contributed by atoms with Crippen LogP contribution in [0, 0.1) is 0 Å². The Balaban J connectivity index is 2.04. The highest BCUT2D eigenvalue weighted by Gasteiger charge is 2.45. The number of hydrogen-bond acceptors (Lipinski definition) is 5. The highest BCUT2D eigenvalue weighted by Crippen LogP contribution is 2.34. The van der Waals surface area contributed by atoms with Gasteiger partial charge in [0, 0.05) is 6.20 Å². The molecule has 0 aromatic carbocycles. The van der Waals surface area contributed by atoms with Crippen LogP contribution in [0.5, 0.6) is 0 Å². The summed E-state index contributed by atoms with van der Waals surface area (Å²) < 4.78 is 20.8. The first-order valence-corrected chi connectivity index (χ1v) is 6.06. The standard InChI is InChI=1S/C11H11ClFN3O3/c12-9-5-1-2-16(10(5)15-4-14-9)11-7(13)8(18)6(3-17)19-11/h1-2,4,6-8,11,17-18H,3H2/t6-,7+,8-,11-/m1/s1. The fourth-order valence-electron chi connectivity index (χ4n) is 2.22. The average molecular weight is 288 g/mol. The van der Waals surface area contributed by atoms with Crippen molar-refractivity contribution in [2.24, 2.45) is 0 Å². The summed E-state index contributed by atoms with van der Waals surface area (Å²) in [5.41, 5.74) is 0.415. The van der Waals surface area contributed by atoms with Gasteiger partial charge < -0.3 is 19.5 Å². The predicted molar refractivity (Wildman–Crippen MR) is 64.4 cm³/mol. The van der Waals surface area contributed by atoms with Crippen molar-refractivity contribution in [2.75, 3.05) is 6.61 Å². The predicted octanol–water partition coefficient (Wildman–Crippen LogP) is 0.673. The molecule has 3 heterocycles. The van der Waals surface area contributed by atoms with E-state index in [2.05, 4.69) is 9.97 Å². The third kappa shape index (κ3) is 1.90. The van der Waals surface area contributed by atoms with Gasteiger partial charge in [0.25, 0.3) is 0 Å². The van der Waals surface area contributed by atoms with Crippen LogP contribution < -0.4 is 0 Å². The van der Waals surface area contributed by atoms with Gasteiger partial charge in [0.15, 0.2) is 12.4 Å². The first-order chi connectivity index (χ1) is 9.13. The molecule has 2 N–H and O–H groups in total. The smallest absolute Gasteiger partial charge is 0.173 e. The van der Waals surface area contributed by atoms with Gasteiger partial charge in [-0.2, -0.15) is 0 Å². The number of aliphatic hydroxyl groups excluding tert-OH is 2. The van der Waals surface area contributed by atoms with Gasteiger partial charge in [-0.3, -0.25) is 0 Å². The maximum atomic E-state index is 14.0. The van der Waals surface area contributed by atoms with Crippen LogP contribution in [0.1, 0.15) is 6.23 Å². The van der Waals surface area contributed by atoms with Crippen LogP contribution in [-0.2, 0) is 4.74 Å². The third-order valence-electron chi connectivity index (χ3n) is 3.21. The van der Waals surface area contributed by atoms with Crippen LogP contribution in [0.2, 0.25) is 5.15 Å². The van der Waals surface area contributed by atoms with E-state index in [1.807, 2.05) is 0 Å². The van der Waals surface area contributed by atoms with E-state index in [0.29, 0.717) is 11.0 Å². The number of aromatic nitrogens is 3. The second-order valence-electron chi connectivity index (χ2n) is 4.31. The van der Waals surface area contributed by atoms with Gasteiger partial charge in [-0.1, -0.05) is 11.6 Å². The minimum Gasteiger partial charge on any atom is -0.394 e. The van der Waals surface area contributed by atoms with Gasteiger partial charge in [0.05, 0.1) is 12.0 Å². The maximum absolute atomic E-state index is 14.0. The Morgan fingerprint density at radius 3 is 2.95 bits per heavy atom. The zero-order valence-electron chi connectivity index (χ0n) is 9.65. The minimum atomic E-state index is -1.65. The van der Waals surface area contributed by atoms with E-state index in [1.54, 1.807) is 12.3 Å². The molecule has 1 aliphatic heterocycles. The van der Waals surface area contributed by atoms with E-state index in [0.717, 1.165) is 0 Å². The molecule has 4 atom stereocenters. The first-order valence-electron chi connectivity index (χ1n) is 5.69. The molecule has 102 valence electrons. The van der Waals surface area contributed by atoms with Crippen LogP contribution >= 0.6 is 11.6 Å². The Morgan fingerprint density at radius 2 is 2.26 bits per heavy atom. The van der Waals surface area contributed by atoms with Crippen molar-refractivity contribution in [3.8, 4) is 0 Å². The molecule has 1 fully saturated rings. The molecule has 1 saturated heterocycles. The van der Waals surface area contributed by atoms with E-state index in [1.165, 1.54) is 10.9 Å². The normalized spacial score (nSPS) is 31.2. The molecule has 8 heteroatoms. The second kappa shape index (κ2) is 4.68. The fourth-order valence-corrected chi connectivity index (χ4v) is 2.41. The summed E-state index contributed by atoms with van der Waals surface area (Å²) in [6, 6.07) is 1.65. The number of alkyl halides is 1. The number of ether oxygens (including phenoxy) is 1. The molecule has 19 heavy (non-hydrogen) atoms. The van der Waals surface area contributed by atoms with E-state index < -0.39 is 31.2 Å². The summed E-state index contributed by atoms with van der Waals surface area (Å²) in [5.74, 6) is 0. The molecule has 0 amide bonds. The van der Waals surface area contributed by atoms with Gasteiger partial charge in [-0.15, -0.1) is 0 Å². The Morgan fingerprint density at radius 1 is 1.47 bits per heavy atom. The lowest BCUT2D eigenvalue weighted by Gasteiger charge is -2.15. The zero-order valence-corrected chi connectivity index (χ0v) is 10.4. The Hall–Kier alpha value is -1.28. The van der Waals surface area contributed by atoms with Crippen LogP contribution in [0.3, 0.4) is 0 Å². The lowest BCUT2D eigenvalue weighted by Crippen LogP contribution is -2.30. The average Bonchev–Trinajstić information content (AvgIpc) is 2.94. The van der Waals surface area contributed by atoms with E-state index in [4.69, 9.17) is 21.4 Å².